The summed E-state index contributed by atoms with van der Waals surface area (Å²) >= 11 is 0. The number of carbonyl (C=O) groups is 1. The maximum absolute atomic E-state index is 11.7. The Morgan fingerprint density at radius 3 is 2.70 bits per heavy atom. The first-order valence-electron chi connectivity index (χ1n) is 7.94. The second kappa shape index (κ2) is 10.6. The maximum Gasteiger partial charge on any atom is 0.241 e. The third kappa shape index (κ3) is 7.15. The molecule has 0 aliphatic heterocycles. The predicted molar refractivity (Wildman–Crippen MR) is 93.6 cm³/mol. The van der Waals surface area contributed by atoms with Crippen molar-refractivity contribution in [3.05, 3.63) is 35.4 Å². The van der Waals surface area contributed by atoms with Gasteiger partial charge in [0.1, 0.15) is 6.54 Å². The number of ether oxygens (including phenoxy) is 1. The third-order valence-corrected chi connectivity index (χ3v) is 3.36. The lowest BCUT2D eigenvalue weighted by Crippen LogP contribution is -2.40. The lowest BCUT2D eigenvalue weighted by molar-refractivity contribution is -0.119. The van der Waals surface area contributed by atoms with Crippen molar-refractivity contribution in [3.63, 3.8) is 0 Å². The van der Waals surface area contributed by atoms with Crippen molar-refractivity contribution in [1.29, 1.82) is 0 Å². The van der Waals surface area contributed by atoms with Crippen LogP contribution in [0.4, 0.5) is 0 Å². The molecule has 0 aliphatic rings. The second-order valence-corrected chi connectivity index (χ2v) is 5.26. The fourth-order valence-corrected chi connectivity index (χ4v) is 2.17. The van der Waals surface area contributed by atoms with Crippen molar-refractivity contribution >= 4 is 11.9 Å². The van der Waals surface area contributed by atoms with Gasteiger partial charge < -0.3 is 20.7 Å². The van der Waals surface area contributed by atoms with Gasteiger partial charge in [-0.25, -0.2) is 4.99 Å². The monoisotopic (exact) mass is 320 g/mol. The van der Waals surface area contributed by atoms with Crippen LogP contribution in [0.1, 0.15) is 31.0 Å². The Labute approximate surface area is 138 Å². The molecular formula is C17H28N4O2. The number of carbonyl (C=O) groups excluding carboxylic acids is 1. The van der Waals surface area contributed by atoms with E-state index in [1.54, 1.807) is 7.11 Å². The molecule has 1 rings (SSSR count). The predicted octanol–water partition coefficient (Wildman–Crippen LogP) is 1.37. The normalized spacial score (nSPS) is 12.6. The van der Waals surface area contributed by atoms with Crippen molar-refractivity contribution in [1.82, 2.24) is 16.0 Å². The van der Waals surface area contributed by atoms with Gasteiger partial charge in [0.2, 0.25) is 5.91 Å². The molecule has 1 atom stereocenters. The molecule has 6 heteroatoms. The van der Waals surface area contributed by atoms with Crippen LogP contribution in [0, 0.1) is 6.92 Å². The van der Waals surface area contributed by atoms with Crippen LogP contribution in [0.5, 0.6) is 0 Å². The lowest BCUT2D eigenvalue weighted by atomic mass is 10.0. The summed E-state index contributed by atoms with van der Waals surface area (Å²) in [6, 6.07) is 8.32. The van der Waals surface area contributed by atoms with Crippen LogP contribution in [-0.2, 0) is 9.53 Å². The average molecular weight is 320 g/mol. The van der Waals surface area contributed by atoms with E-state index in [0.717, 1.165) is 6.54 Å². The molecule has 1 aromatic carbocycles. The number of amides is 1. The molecule has 0 fully saturated rings. The molecule has 1 aromatic rings. The summed E-state index contributed by atoms with van der Waals surface area (Å²) in [5.74, 6) is 0.507. The fraction of sp³-hybridized carbons (Fsp3) is 0.529. The van der Waals surface area contributed by atoms with Crippen molar-refractivity contribution < 1.29 is 9.53 Å². The zero-order chi connectivity index (χ0) is 17.1. The van der Waals surface area contributed by atoms with Gasteiger partial charge in [-0.2, -0.15) is 0 Å². The minimum atomic E-state index is -0.122. The Balaban J connectivity index is 2.61. The number of nitrogens with zero attached hydrogens (tertiary/aromatic N) is 1. The van der Waals surface area contributed by atoms with Crippen molar-refractivity contribution in [2.45, 2.75) is 26.8 Å². The molecule has 0 aliphatic carbocycles. The van der Waals surface area contributed by atoms with E-state index >= 15 is 0 Å². The van der Waals surface area contributed by atoms with E-state index in [9.17, 15) is 4.79 Å². The number of benzene rings is 1. The number of methoxy groups -OCH3 is 1. The van der Waals surface area contributed by atoms with Crippen LogP contribution in [0.15, 0.2) is 29.3 Å². The highest BCUT2D eigenvalue weighted by molar-refractivity contribution is 5.85. The van der Waals surface area contributed by atoms with Crippen LogP contribution in [0.2, 0.25) is 0 Å². The van der Waals surface area contributed by atoms with E-state index in [2.05, 4.69) is 46.9 Å². The Hall–Kier alpha value is -2.08. The van der Waals surface area contributed by atoms with E-state index in [1.165, 1.54) is 11.1 Å². The number of guanidine groups is 1. The topological polar surface area (TPSA) is 74.8 Å². The van der Waals surface area contributed by atoms with Crippen molar-refractivity contribution in [2.75, 3.05) is 33.4 Å². The number of hydrogen-bond acceptors (Lipinski definition) is 3. The minimum absolute atomic E-state index is 0.0829. The highest BCUT2D eigenvalue weighted by atomic mass is 16.5. The third-order valence-electron chi connectivity index (χ3n) is 3.36. The van der Waals surface area contributed by atoms with E-state index in [0.29, 0.717) is 19.1 Å². The van der Waals surface area contributed by atoms with Gasteiger partial charge in [-0.15, -0.1) is 0 Å². The number of aryl methyl sites for hydroxylation is 1. The molecule has 0 bridgehead atoms. The number of hydrogen-bond donors (Lipinski definition) is 3. The molecule has 0 aromatic heterocycles. The molecule has 0 heterocycles. The Kier molecular flexibility index (Phi) is 8.75. The smallest absolute Gasteiger partial charge is 0.241 e. The highest BCUT2D eigenvalue weighted by Crippen LogP contribution is 2.16. The fourth-order valence-electron chi connectivity index (χ4n) is 2.17. The van der Waals surface area contributed by atoms with Crippen LogP contribution < -0.4 is 16.0 Å². The summed E-state index contributed by atoms with van der Waals surface area (Å²) in [6.45, 7) is 7.96. The quantitative estimate of drug-likeness (QED) is 0.384. The largest absolute Gasteiger partial charge is 0.383 e. The van der Waals surface area contributed by atoms with Gasteiger partial charge in [0, 0.05) is 20.2 Å². The molecule has 23 heavy (non-hydrogen) atoms. The molecule has 0 radical (unpaired) electrons. The Morgan fingerprint density at radius 2 is 2.04 bits per heavy atom. The standard InChI is InChI=1S/C17H28N4O2/c1-5-18-17(20-12-16(22)19-10-11-23-4)21-14(3)15-9-7-6-8-13(15)2/h6-9,14H,5,10-12H2,1-4H3,(H,19,22)(H2,18,20,21). The Morgan fingerprint density at radius 1 is 1.30 bits per heavy atom. The number of aliphatic imine (C=N–C) groups is 1. The highest BCUT2D eigenvalue weighted by Gasteiger charge is 2.10. The summed E-state index contributed by atoms with van der Waals surface area (Å²) in [5, 5.41) is 9.24. The molecule has 6 nitrogen and oxygen atoms in total. The van der Waals surface area contributed by atoms with Gasteiger partial charge in [0.25, 0.3) is 0 Å². The first-order chi connectivity index (χ1) is 11.1. The summed E-state index contributed by atoms with van der Waals surface area (Å²) in [4.78, 5) is 16.0. The average Bonchev–Trinajstić information content (AvgIpc) is 2.53. The van der Waals surface area contributed by atoms with Crippen LogP contribution >= 0.6 is 0 Å². The molecule has 0 saturated carbocycles. The zero-order valence-corrected chi connectivity index (χ0v) is 14.5. The van der Waals surface area contributed by atoms with Gasteiger partial charge in [0.15, 0.2) is 5.96 Å². The second-order valence-electron chi connectivity index (χ2n) is 5.26. The first kappa shape index (κ1) is 19.0. The number of rotatable bonds is 8. The number of nitrogens with one attached hydrogen (secondary N) is 3. The SMILES string of the molecule is CCNC(=NCC(=O)NCCOC)NC(C)c1ccccc1C. The molecule has 0 saturated heterocycles. The molecule has 128 valence electrons. The van der Waals surface area contributed by atoms with Crippen molar-refractivity contribution in [2.24, 2.45) is 4.99 Å². The van der Waals surface area contributed by atoms with Gasteiger partial charge in [-0.3, -0.25) is 4.79 Å². The van der Waals surface area contributed by atoms with Gasteiger partial charge in [-0.05, 0) is 31.9 Å². The molecule has 1 amide bonds. The molecule has 3 N–H and O–H groups in total. The van der Waals surface area contributed by atoms with Crippen molar-refractivity contribution in [3.8, 4) is 0 Å². The van der Waals surface area contributed by atoms with E-state index in [1.807, 2.05) is 19.1 Å². The van der Waals surface area contributed by atoms with Crippen LogP contribution in [0.3, 0.4) is 0 Å². The van der Waals surface area contributed by atoms with E-state index < -0.39 is 0 Å². The maximum atomic E-state index is 11.7. The van der Waals surface area contributed by atoms with E-state index in [-0.39, 0.29) is 18.5 Å². The zero-order valence-electron chi connectivity index (χ0n) is 14.5. The van der Waals surface area contributed by atoms with Crippen LogP contribution in [-0.4, -0.2) is 45.2 Å². The van der Waals surface area contributed by atoms with Gasteiger partial charge in [-0.1, -0.05) is 24.3 Å². The summed E-state index contributed by atoms with van der Waals surface area (Å²) in [7, 11) is 1.60. The first-order valence-corrected chi connectivity index (χ1v) is 7.94. The molecule has 1 unspecified atom stereocenters. The van der Waals surface area contributed by atoms with E-state index in [4.69, 9.17) is 4.74 Å². The van der Waals surface area contributed by atoms with Gasteiger partial charge in [0.05, 0.1) is 12.6 Å². The summed E-state index contributed by atoms with van der Waals surface area (Å²) < 4.78 is 4.89. The summed E-state index contributed by atoms with van der Waals surface area (Å²) in [6.07, 6.45) is 0. The van der Waals surface area contributed by atoms with Crippen LogP contribution in [0.25, 0.3) is 0 Å². The summed E-state index contributed by atoms with van der Waals surface area (Å²) in [5.41, 5.74) is 2.43. The molecular weight excluding hydrogens is 292 g/mol. The minimum Gasteiger partial charge on any atom is -0.383 e. The lowest BCUT2D eigenvalue weighted by Gasteiger charge is -2.19. The Bertz CT molecular complexity index is 517. The van der Waals surface area contributed by atoms with Gasteiger partial charge >= 0.3 is 0 Å². The molecule has 0 spiro atoms.